The first-order chi connectivity index (χ1) is 8.97. The van der Waals surface area contributed by atoms with Gasteiger partial charge < -0.3 is 10.4 Å². The molecule has 0 bridgehead atoms. The van der Waals surface area contributed by atoms with Crippen molar-refractivity contribution in [2.24, 2.45) is 0 Å². The topological polar surface area (TPSA) is 52.6 Å². The smallest absolute Gasteiger partial charge is 0.234 e. The van der Waals surface area contributed by atoms with E-state index in [0.29, 0.717) is 31.1 Å². The van der Waals surface area contributed by atoms with E-state index in [2.05, 4.69) is 5.32 Å². The van der Waals surface area contributed by atoms with Crippen LogP contribution in [-0.4, -0.2) is 42.2 Å². The minimum Gasteiger partial charge on any atom is -0.393 e. The highest BCUT2D eigenvalue weighted by Gasteiger charge is 2.07. The lowest BCUT2D eigenvalue weighted by atomic mass is 10.2. The van der Waals surface area contributed by atoms with E-state index in [9.17, 15) is 9.90 Å². The molecular weight excluding hydrogens is 264 g/mol. The highest BCUT2D eigenvalue weighted by Crippen LogP contribution is 2.10. The third-order valence-corrected chi connectivity index (χ3v) is 2.96. The van der Waals surface area contributed by atoms with Crippen molar-refractivity contribution in [1.29, 1.82) is 0 Å². The van der Waals surface area contributed by atoms with Gasteiger partial charge in [0.05, 0.1) is 12.6 Å². The normalized spacial score (nSPS) is 12.5. The third kappa shape index (κ3) is 7.15. The van der Waals surface area contributed by atoms with Crippen LogP contribution in [0.2, 0.25) is 5.02 Å². The van der Waals surface area contributed by atoms with Gasteiger partial charge in [-0.25, -0.2) is 0 Å². The fraction of sp³-hybridized carbons (Fsp3) is 0.500. The summed E-state index contributed by atoms with van der Waals surface area (Å²) in [5.41, 5.74) is 0.979. The fourth-order valence-electron chi connectivity index (χ4n) is 1.63. The summed E-state index contributed by atoms with van der Waals surface area (Å²) < 4.78 is 0. The first-order valence-corrected chi connectivity index (χ1v) is 6.73. The van der Waals surface area contributed by atoms with Gasteiger partial charge in [0.1, 0.15) is 0 Å². The van der Waals surface area contributed by atoms with E-state index >= 15 is 0 Å². The molecule has 0 aliphatic rings. The molecule has 0 aromatic heterocycles. The maximum atomic E-state index is 11.7. The molecule has 1 amide bonds. The quantitative estimate of drug-likeness (QED) is 0.801. The van der Waals surface area contributed by atoms with Crippen LogP contribution < -0.4 is 5.32 Å². The molecule has 0 saturated carbocycles. The number of amides is 1. The Morgan fingerprint density at radius 1 is 1.53 bits per heavy atom. The van der Waals surface area contributed by atoms with E-state index in [4.69, 9.17) is 11.6 Å². The van der Waals surface area contributed by atoms with Crippen molar-refractivity contribution < 1.29 is 9.90 Å². The molecule has 19 heavy (non-hydrogen) atoms. The summed E-state index contributed by atoms with van der Waals surface area (Å²) in [4.78, 5) is 13.6. The lowest BCUT2D eigenvalue weighted by Gasteiger charge is -2.17. The summed E-state index contributed by atoms with van der Waals surface area (Å²) in [7, 11) is 1.86. The Balaban J connectivity index is 2.27. The Labute approximate surface area is 119 Å². The van der Waals surface area contributed by atoms with Gasteiger partial charge in [-0.3, -0.25) is 9.69 Å². The van der Waals surface area contributed by atoms with Gasteiger partial charge in [-0.05, 0) is 38.1 Å². The molecule has 0 radical (unpaired) electrons. The number of hydrogen-bond donors (Lipinski definition) is 2. The Kier molecular flexibility index (Phi) is 6.84. The third-order valence-electron chi connectivity index (χ3n) is 2.72. The number of carbonyl (C=O) groups is 1. The molecule has 1 aromatic carbocycles. The molecule has 1 atom stereocenters. The van der Waals surface area contributed by atoms with Crippen LogP contribution in [0.3, 0.4) is 0 Å². The second-order valence-electron chi connectivity index (χ2n) is 4.78. The predicted octanol–water partition coefficient (Wildman–Crippen LogP) is 1.66. The van der Waals surface area contributed by atoms with Gasteiger partial charge in [-0.1, -0.05) is 23.7 Å². The predicted molar refractivity (Wildman–Crippen MR) is 77.1 cm³/mol. The number of nitrogens with one attached hydrogen (secondary N) is 1. The summed E-state index contributed by atoms with van der Waals surface area (Å²) in [6.07, 6.45) is 0.329. The van der Waals surface area contributed by atoms with Gasteiger partial charge in [0.15, 0.2) is 0 Å². The van der Waals surface area contributed by atoms with Crippen LogP contribution in [0, 0.1) is 0 Å². The molecule has 5 heteroatoms. The highest BCUT2D eigenvalue weighted by molar-refractivity contribution is 6.30. The van der Waals surface area contributed by atoms with Crippen molar-refractivity contribution in [3.8, 4) is 0 Å². The van der Waals surface area contributed by atoms with Gasteiger partial charge in [0, 0.05) is 18.1 Å². The minimum absolute atomic E-state index is 0.0342. The van der Waals surface area contributed by atoms with Gasteiger partial charge >= 0.3 is 0 Å². The van der Waals surface area contributed by atoms with Crippen LogP contribution in [0.4, 0.5) is 0 Å². The number of carbonyl (C=O) groups excluding carboxylic acids is 1. The van der Waals surface area contributed by atoms with Crippen molar-refractivity contribution in [3.05, 3.63) is 34.9 Å². The van der Waals surface area contributed by atoms with E-state index < -0.39 is 0 Å². The number of benzene rings is 1. The van der Waals surface area contributed by atoms with Crippen molar-refractivity contribution in [3.63, 3.8) is 0 Å². The van der Waals surface area contributed by atoms with Crippen LogP contribution in [0.5, 0.6) is 0 Å². The first-order valence-electron chi connectivity index (χ1n) is 6.35. The molecule has 1 unspecified atom stereocenters. The standard InChI is InChI=1S/C14H21ClN2O2/c1-11(18)6-7-17(2)10-14(19)16-9-12-4-3-5-13(15)8-12/h3-5,8,11,18H,6-7,9-10H2,1-2H3,(H,16,19). The summed E-state index contributed by atoms with van der Waals surface area (Å²) in [6.45, 7) is 3.24. The maximum Gasteiger partial charge on any atom is 0.234 e. The van der Waals surface area contributed by atoms with Crippen molar-refractivity contribution in [1.82, 2.24) is 10.2 Å². The molecule has 0 spiro atoms. The van der Waals surface area contributed by atoms with Gasteiger partial charge in [-0.15, -0.1) is 0 Å². The number of aliphatic hydroxyl groups is 1. The first kappa shape index (κ1) is 16.0. The zero-order valence-corrected chi connectivity index (χ0v) is 12.2. The summed E-state index contributed by atoms with van der Waals surface area (Å²) >= 11 is 5.87. The molecule has 106 valence electrons. The maximum absolute atomic E-state index is 11.7. The van der Waals surface area contributed by atoms with Crippen molar-refractivity contribution >= 4 is 17.5 Å². The molecule has 0 heterocycles. The van der Waals surface area contributed by atoms with E-state index in [-0.39, 0.29) is 12.0 Å². The minimum atomic E-state index is -0.336. The Bertz CT molecular complexity index is 410. The number of aliphatic hydroxyl groups excluding tert-OH is 1. The van der Waals surface area contributed by atoms with Crippen LogP contribution in [0.25, 0.3) is 0 Å². The molecular formula is C14H21ClN2O2. The Morgan fingerprint density at radius 3 is 2.89 bits per heavy atom. The molecule has 1 aromatic rings. The van der Waals surface area contributed by atoms with Crippen LogP contribution in [-0.2, 0) is 11.3 Å². The second kappa shape index (κ2) is 8.15. The van der Waals surface area contributed by atoms with Crippen molar-refractivity contribution in [2.45, 2.75) is 26.0 Å². The highest BCUT2D eigenvalue weighted by atomic mass is 35.5. The second-order valence-corrected chi connectivity index (χ2v) is 5.22. The van der Waals surface area contributed by atoms with Crippen LogP contribution in [0.15, 0.2) is 24.3 Å². The lowest BCUT2D eigenvalue weighted by Crippen LogP contribution is -2.35. The number of halogens is 1. The Hall–Kier alpha value is -1.10. The van der Waals surface area contributed by atoms with E-state index in [1.54, 1.807) is 13.0 Å². The monoisotopic (exact) mass is 284 g/mol. The fourth-order valence-corrected chi connectivity index (χ4v) is 1.85. The SMILES string of the molecule is CC(O)CCN(C)CC(=O)NCc1cccc(Cl)c1. The molecule has 4 nitrogen and oxygen atoms in total. The summed E-state index contributed by atoms with van der Waals surface area (Å²) in [5, 5.41) is 12.7. The molecule has 0 saturated heterocycles. The lowest BCUT2D eigenvalue weighted by molar-refractivity contribution is -0.122. The summed E-state index contributed by atoms with van der Waals surface area (Å²) in [6, 6.07) is 7.41. The van der Waals surface area contributed by atoms with E-state index in [1.807, 2.05) is 30.1 Å². The number of hydrogen-bond acceptors (Lipinski definition) is 3. The summed E-state index contributed by atoms with van der Waals surface area (Å²) in [5.74, 6) is -0.0342. The zero-order chi connectivity index (χ0) is 14.3. The number of rotatable bonds is 7. The van der Waals surface area contributed by atoms with Crippen LogP contribution >= 0.6 is 11.6 Å². The molecule has 1 rings (SSSR count). The van der Waals surface area contributed by atoms with Gasteiger partial charge in [0.25, 0.3) is 0 Å². The number of likely N-dealkylation sites (N-methyl/N-ethyl adjacent to an activating group) is 1. The molecule has 0 aliphatic carbocycles. The zero-order valence-electron chi connectivity index (χ0n) is 11.4. The molecule has 0 aliphatic heterocycles. The van der Waals surface area contributed by atoms with E-state index in [0.717, 1.165) is 5.56 Å². The van der Waals surface area contributed by atoms with Crippen LogP contribution in [0.1, 0.15) is 18.9 Å². The van der Waals surface area contributed by atoms with Crippen molar-refractivity contribution in [2.75, 3.05) is 20.1 Å². The average Bonchev–Trinajstić information content (AvgIpc) is 2.34. The number of nitrogens with zero attached hydrogens (tertiary/aromatic N) is 1. The molecule has 2 N–H and O–H groups in total. The van der Waals surface area contributed by atoms with E-state index in [1.165, 1.54) is 0 Å². The van der Waals surface area contributed by atoms with Gasteiger partial charge in [-0.2, -0.15) is 0 Å². The largest absolute Gasteiger partial charge is 0.393 e. The Morgan fingerprint density at radius 2 is 2.26 bits per heavy atom. The molecule has 0 fully saturated rings. The average molecular weight is 285 g/mol. The van der Waals surface area contributed by atoms with Gasteiger partial charge in [0.2, 0.25) is 5.91 Å².